The highest BCUT2D eigenvalue weighted by Gasteiger charge is 2.26. The zero-order valence-corrected chi connectivity index (χ0v) is 19.1. The minimum absolute atomic E-state index is 0.108. The van der Waals surface area contributed by atoms with Gasteiger partial charge in [-0.1, -0.05) is 30.6 Å². The van der Waals surface area contributed by atoms with Crippen molar-refractivity contribution in [1.29, 1.82) is 0 Å². The van der Waals surface area contributed by atoms with Crippen molar-refractivity contribution in [2.24, 2.45) is 11.8 Å². The molecule has 1 aliphatic heterocycles. The standard InChI is InChI=1S/C23H23ClN6O3/c1-14-10-15(2)12-28(11-14)19(31)13-30-23(32)29-9-3-4-18(21(29)26-30)22-25-20(27-33-22)16-5-7-17(24)8-6-16/h3-9,14-15H,10-13H2,1-2H3. The first kappa shape index (κ1) is 21.4. The predicted molar refractivity (Wildman–Crippen MR) is 123 cm³/mol. The van der Waals surface area contributed by atoms with Gasteiger partial charge in [-0.05, 0) is 54.7 Å². The van der Waals surface area contributed by atoms with Gasteiger partial charge in [0.05, 0.1) is 5.56 Å². The van der Waals surface area contributed by atoms with Crippen molar-refractivity contribution in [3.63, 3.8) is 0 Å². The van der Waals surface area contributed by atoms with Crippen LogP contribution in [0.3, 0.4) is 0 Å². The second kappa shape index (κ2) is 8.47. The number of halogens is 1. The summed E-state index contributed by atoms with van der Waals surface area (Å²) in [5.74, 6) is 1.40. The van der Waals surface area contributed by atoms with E-state index in [0.29, 0.717) is 47.0 Å². The SMILES string of the molecule is CC1CC(C)CN(C(=O)Cn2nc3c(-c4nc(-c5ccc(Cl)cc5)no4)cccn3c2=O)C1. The molecule has 1 aromatic carbocycles. The topological polar surface area (TPSA) is 98.5 Å². The maximum Gasteiger partial charge on any atom is 0.350 e. The number of rotatable bonds is 4. The first-order valence-electron chi connectivity index (χ1n) is 10.8. The Hall–Kier alpha value is -3.46. The number of hydrogen-bond acceptors (Lipinski definition) is 6. The van der Waals surface area contributed by atoms with Gasteiger partial charge in [-0.2, -0.15) is 4.98 Å². The van der Waals surface area contributed by atoms with E-state index < -0.39 is 5.69 Å². The molecule has 0 radical (unpaired) electrons. The Morgan fingerprint density at radius 2 is 1.88 bits per heavy atom. The lowest BCUT2D eigenvalue weighted by Crippen LogP contribution is -2.45. The number of amides is 1. The van der Waals surface area contributed by atoms with Gasteiger partial charge < -0.3 is 9.42 Å². The van der Waals surface area contributed by atoms with Crippen LogP contribution in [0, 0.1) is 11.8 Å². The van der Waals surface area contributed by atoms with Crippen LogP contribution in [0.15, 0.2) is 51.9 Å². The average molecular weight is 467 g/mol. The third-order valence-electron chi connectivity index (χ3n) is 5.87. The van der Waals surface area contributed by atoms with Crippen LogP contribution in [0.4, 0.5) is 0 Å². The fourth-order valence-electron chi connectivity index (χ4n) is 4.45. The molecule has 3 aromatic heterocycles. The molecule has 0 spiro atoms. The Kier molecular flexibility index (Phi) is 5.49. The molecule has 5 rings (SSSR count). The molecule has 1 saturated heterocycles. The van der Waals surface area contributed by atoms with Gasteiger partial charge in [0.25, 0.3) is 5.89 Å². The lowest BCUT2D eigenvalue weighted by Gasteiger charge is -2.34. The van der Waals surface area contributed by atoms with Crippen LogP contribution in [-0.2, 0) is 11.3 Å². The molecular weight excluding hydrogens is 444 g/mol. The lowest BCUT2D eigenvalue weighted by atomic mass is 9.92. The fraction of sp³-hybridized carbons (Fsp3) is 0.348. The minimum Gasteiger partial charge on any atom is -0.341 e. The van der Waals surface area contributed by atoms with E-state index in [1.165, 1.54) is 9.08 Å². The zero-order valence-electron chi connectivity index (χ0n) is 18.3. The van der Waals surface area contributed by atoms with Crippen LogP contribution in [0.1, 0.15) is 20.3 Å². The number of hydrogen-bond donors (Lipinski definition) is 0. The molecule has 0 saturated carbocycles. The van der Waals surface area contributed by atoms with Crippen molar-refractivity contribution >= 4 is 23.2 Å². The molecular formula is C23H23ClN6O3. The van der Waals surface area contributed by atoms with E-state index in [9.17, 15) is 9.59 Å². The molecule has 4 heterocycles. The van der Waals surface area contributed by atoms with Crippen molar-refractivity contribution in [2.45, 2.75) is 26.8 Å². The quantitative estimate of drug-likeness (QED) is 0.457. The number of benzene rings is 1. The largest absolute Gasteiger partial charge is 0.350 e. The number of nitrogens with zero attached hydrogens (tertiary/aromatic N) is 6. The summed E-state index contributed by atoms with van der Waals surface area (Å²) in [5.41, 5.74) is 1.21. The Balaban J connectivity index is 1.45. The van der Waals surface area contributed by atoms with Crippen LogP contribution in [-0.4, -0.2) is 48.2 Å². The summed E-state index contributed by atoms with van der Waals surface area (Å²) >= 11 is 5.95. The van der Waals surface area contributed by atoms with Gasteiger partial charge in [0.2, 0.25) is 11.7 Å². The third kappa shape index (κ3) is 4.16. The molecule has 0 N–H and O–H groups in total. The maximum atomic E-state index is 12.9. The number of carbonyl (C=O) groups excluding carboxylic acids is 1. The summed E-state index contributed by atoms with van der Waals surface area (Å²) in [6.45, 7) is 5.57. The fourth-order valence-corrected chi connectivity index (χ4v) is 4.58. The van der Waals surface area contributed by atoms with Gasteiger partial charge in [-0.25, -0.2) is 13.9 Å². The molecule has 33 heavy (non-hydrogen) atoms. The molecule has 4 aromatic rings. The molecule has 1 aliphatic rings. The Morgan fingerprint density at radius 3 is 2.61 bits per heavy atom. The van der Waals surface area contributed by atoms with E-state index >= 15 is 0 Å². The van der Waals surface area contributed by atoms with Gasteiger partial charge >= 0.3 is 5.69 Å². The minimum atomic E-state index is -0.393. The summed E-state index contributed by atoms with van der Waals surface area (Å²) in [6, 6.07) is 10.5. The normalized spacial score (nSPS) is 18.7. The van der Waals surface area contributed by atoms with E-state index in [1.807, 2.05) is 4.90 Å². The Bertz CT molecular complexity index is 1360. The highest BCUT2D eigenvalue weighted by Crippen LogP contribution is 2.25. The van der Waals surface area contributed by atoms with Gasteiger partial charge in [0, 0.05) is 29.9 Å². The Morgan fingerprint density at radius 1 is 1.15 bits per heavy atom. The van der Waals surface area contributed by atoms with Crippen molar-refractivity contribution in [1.82, 2.24) is 29.2 Å². The van der Waals surface area contributed by atoms with Gasteiger partial charge in [0.15, 0.2) is 5.65 Å². The van der Waals surface area contributed by atoms with Crippen molar-refractivity contribution in [3.8, 4) is 22.8 Å². The highest BCUT2D eigenvalue weighted by molar-refractivity contribution is 6.30. The van der Waals surface area contributed by atoms with Crippen LogP contribution in [0.2, 0.25) is 5.02 Å². The molecule has 2 atom stereocenters. The molecule has 0 aliphatic carbocycles. The number of pyridine rings is 1. The zero-order chi connectivity index (χ0) is 23.1. The molecule has 2 unspecified atom stereocenters. The molecule has 1 fully saturated rings. The number of aromatic nitrogens is 5. The summed E-state index contributed by atoms with van der Waals surface area (Å²) < 4.78 is 8.04. The average Bonchev–Trinajstić information content (AvgIpc) is 3.39. The summed E-state index contributed by atoms with van der Waals surface area (Å²) in [6.07, 6.45) is 2.71. The van der Waals surface area contributed by atoms with Crippen LogP contribution in [0.5, 0.6) is 0 Å². The van der Waals surface area contributed by atoms with Crippen LogP contribution < -0.4 is 5.69 Å². The summed E-state index contributed by atoms with van der Waals surface area (Å²) in [4.78, 5) is 32.1. The smallest absolute Gasteiger partial charge is 0.341 e. The molecule has 0 bridgehead atoms. The second-order valence-corrected chi connectivity index (χ2v) is 9.17. The lowest BCUT2D eigenvalue weighted by molar-refractivity contribution is -0.134. The van der Waals surface area contributed by atoms with Crippen molar-refractivity contribution in [2.75, 3.05) is 13.1 Å². The number of likely N-dealkylation sites (tertiary alicyclic amines) is 1. The molecule has 10 heteroatoms. The Labute approximate surface area is 194 Å². The third-order valence-corrected chi connectivity index (χ3v) is 6.13. The number of piperidine rings is 1. The number of carbonyl (C=O) groups is 1. The van der Waals surface area contributed by atoms with Crippen LogP contribution in [0.25, 0.3) is 28.5 Å². The van der Waals surface area contributed by atoms with E-state index in [0.717, 1.165) is 12.0 Å². The van der Waals surface area contributed by atoms with E-state index in [1.54, 1.807) is 42.6 Å². The highest BCUT2D eigenvalue weighted by atomic mass is 35.5. The monoisotopic (exact) mass is 466 g/mol. The maximum absolute atomic E-state index is 12.9. The van der Waals surface area contributed by atoms with Crippen molar-refractivity contribution in [3.05, 3.63) is 58.1 Å². The molecule has 9 nitrogen and oxygen atoms in total. The van der Waals surface area contributed by atoms with E-state index in [2.05, 4.69) is 29.1 Å². The summed E-state index contributed by atoms with van der Waals surface area (Å²) in [7, 11) is 0. The van der Waals surface area contributed by atoms with Gasteiger partial charge in [-0.15, -0.1) is 5.10 Å². The first-order valence-corrected chi connectivity index (χ1v) is 11.2. The predicted octanol–water partition coefficient (Wildman–Crippen LogP) is 3.37. The van der Waals surface area contributed by atoms with Gasteiger partial charge in [0.1, 0.15) is 6.54 Å². The summed E-state index contributed by atoms with van der Waals surface area (Å²) in [5, 5.41) is 9.08. The first-order chi connectivity index (χ1) is 15.9. The van der Waals surface area contributed by atoms with Crippen molar-refractivity contribution < 1.29 is 9.32 Å². The van der Waals surface area contributed by atoms with Gasteiger partial charge in [-0.3, -0.25) is 4.79 Å². The second-order valence-electron chi connectivity index (χ2n) is 8.73. The van der Waals surface area contributed by atoms with E-state index in [4.69, 9.17) is 16.1 Å². The molecule has 170 valence electrons. The van der Waals surface area contributed by atoms with E-state index in [-0.39, 0.29) is 18.3 Å². The number of fused-ring (bicyclic) bond motifs is 1. The van der Waals surface area contributed by atoms with Crippen LogP contribution >= 0.6 is 11.6 Å². The molecule has 1 amide bonds.